The highest BCUT2D eigenvalue weighted by molar-refractivity contribution is 6.30. The summed E-state index contributed by atoms with van der Waals surface area (Å²) in [4.78, 5) is 11.6. The SMILES string of the molecule is Cc1cc(Nc2ccc(Cl)cc2C)nc(N2CCCCC2)n1. The number of hydrogen-bond donors (Lipinski definition) is 1. The third-order valence-corrected chi connectivity index (χ3v) is 4.17. The van der Waals surface area contributed by atoms with Crippen molar-refractivity contribution in [3.63, 3.8) is 0 Å². The van der Waals surface area contributed by atoms with Gasteiger partial charge in [0.05, 0.1) is 0 Å². The number of hydrogen-bond acceptors (Lipinski definition) is 4. The monoisotopic (exact) mass is 316 g/mol. The molecule has 1 fully saturated rings. The van der Waals surface area contributed by atoms with Crippen LogP contribution in [0.3, 0.4) is 0 Å². The van der Waals surface area contributed by atoms with Crippen molar-refractivity contribution in [2.45, 2.75) is 33.1 Å². The Bertz CT molecular complexity index is 666. The van der Waals surface area contributed by atoms with Crippen molar-refractivity contribution < 1.29 is 0 Å². The summed E-state index contributed by atoms with van der Waals surface area (Å²) >= 11 is 6.01. The Morgan fingerprint density at radius 2 is 1.82 bits per heavy atom. The Kier molecular flexibility index (Phi) is 4.48. The zero-order valence-electron chi connectivity index (χ0n) is 13.1. The van der Waals surface area contributed by atoms with Gasteiger partial charge in [0, 0.05) is 35.6 Å². The molecule has 1 aromatic carbocycles. The largest absolute Gasteiger partial charge is 0.341 e. The van der Waals surface area contributed by atoms with Crippen molar-refractivity contribution in [3.8, 4) is 0 Å². The lowest BCUT2D eigenvalue weighted by molar-refractivity contribution is 0.568. The first-order valence-corrected chi connectivity index (χ1v) is 8.13. The predicted octanol–water partition coefficient (Wildman–Crippen LogP) is 4.48. The number of nitrogens with one attached hydrogen (secondary N) is 1. The summed E-state index contributed by atoms with van der Waals surface area (Å²) in [5.41, 5.74) is 3.10. The molecule has 0 bridgehead atoms. The highest BCUT2D eigenvalue weighted by atomic mass is 35.5. The van der Waals surface area contributed by atoms with Crippen LogP contribution < -0.4 is 10.2 Å². The topological polar surface area (TPSA) is 41.1 Å². The number of rotatable bonds is 3. The molecule has 5 heteroatoms. The molecule has 1 saturated heterocycles. The van der Waals surface area contributed by atoms with Crippen molar-refractivity contribution >= 4 is 29.1 Å². The van der Waals surface area contributed by atoms with Crippen LogP contribution in [0.15, 0.2) is 24.3 Å². The summed E-state index contributed by atoms with van der Waals surface area (Å²) in [7, 11) is 0. The van der Waals surface area contributed by atoms with Gasteiger partial charge in [-0.2, -0.15) is 4.98 Å². The van der Waals surface area contributed by atoms with Crippen LogP contribution in [0.25, 0.3) is 0 Å². The molecule has 4 nitrogen and oxygen atoms in total. The maximum absolute atomic E-state index is 6.01. The molecule has 116 valence electrons. The number of aryl methyl sites for hydroxylation is 2. The van der Waals surface area contributed by atoms with Gasteiger partial charge < -0.3 is 10.2 Å². The number of piperidine rings is 1. The van der Waals surface area contributed by atoms with Crippen molar-refractivity contribution in [3.05, 3.63) is 40.5 Å². The smallest absolute Gasteiger partial charge is 0.227 e. The predicted molar refractivity (Wildman–Crippen MR) is 92.3 cm³/mol. The molecule has 3 rings (SSSR count). The Balaban J connectivity index is 1.85. The minimum absolute atomic E-state index is 0.746. The van der Waals surface area contributed by atoms with Crippen LogP contribution in [-0.4, -0.2) is 23.1 Å². The fraction of sp³-hybridized carbons (Fsp3) is 0.412. The minimum Gasteiger partial charge on any atom is -0.341 e. The van der Waals surface area contributed by atoms with Gasteiger partial charge in [-0.15, -0.1) is 0 Å². The van der Waals surface area contributed by atoms with E-state index in [-0.39, 0.29) is 0 Å². The van der Waals surface area contributed by atoms with E-state index in [1.165, 1.54) is 19.3 Å². The summed E-state index contributed by atoms with van der Waals surface area (Å²) < 4.78 is 0. The van der Waals surface area contributed by atoms with Gasteiger partial charge in [-0.3, -0.25) is 0 Å². The lowest BCUT2D eigenvalue weighted by Gasteiger charge is -2.27. The van der Waals surface area contributed by atoms with Gasteiger partial charge in [-0.05, 0) is 56.9 Å². The second-order valence-electron chi connectivity index (χ2n) is 5.83. The van der Waals surface area contributed by atoms with E-state index in [4.69, 9.17) is 11.6 Å². The fourth-order valence-corrected chi connectivity index (χ4v) is 2.98. The van der Waals surface area contributed by atoms with Crippen LogP contribution >= 0.6 is 11.6 Å². The number of aromatic nitrogens is 2. The van der Waals surface area contributed by atoms with Gasteiger partial charge in [-0.1, -0.05) is 11.6 Å². The summed E-state index contributed by atoms with van der Waals surface area (Å²) in [5.74, 6) is 1.66. The summed E-state index contributed by atoms with van der Waals surface area (Å²) in [6.07, 6.45) is 3.74. The van der Waals surface area contributed by atoms with E-state index in [0.717, 1.165) is 46.8 Å². The van der Waals surface area contributed by atoms with Crippen LogP contribution in [0, 0.1) is 13.8 Å². The van der Waals surface area contributed by atoms with Crippen molar-refractivity contribution in [2.24, 2.45) is 0 Å². The van der Waals surface area contributed by atoms with Crippen LogP contribution in [0.1, 0.15) is 30.5 Å². The molecule has 1 N–H and O–H groups in total. The van der Waals surface area contributed by atoms with Gasteiger partial charge in [0.25, 0.3) is 0 Å². The summed E-state index contributed by atoms with van der Waals surface area (Å²) in [6, 6.07) is 7.79. The molecule has 2 heterocycles. The van der Waals surface area contributed by atoms with Gasteiger partial charge in [0.15, 0.2) is 0 Å². The summed E-state index contributed by atoms with van der Waals surface area (Å²) in [6.45, 7) is 6.13. The molecule has 1 aliphatic heterocycles. The molecule has 1 aromatic heterocycles. The van der Waals surface area contributed by atoms with Crippen LogP contribution in [-0.2, 0) is 0 Å². The molecule has 2 aromatic rings. The maximum Gasteiger partial charge on any atom is 0.227 e. The Morgan fingerprint density at radius 1 is 1.05 bits per heavy atom. The average molecular weight is 317 g/mol. The van der Waals surface area contributed by atoms with Crippen molar-refractivity contribution in [2.75, 3.05) is 23.3 Å². The summed E-state index contributed by atoms with van der Waals surface area (Å²) in [5, 5.41) is 4.13. The molecular weight excluding hydrogens is 296 g/mol. The Morgan fingerprint density at radius 3 is 2.55 bits per heavy atom. The highest BCUT2D eigenvalue weighted by Crippen LogP contribution is 2.24. The van der Waals surface area contributed by atoms with Crippen LogP contribution in [0.2, 0.25) is 5.02 Å². The number of halogens is 1. The normalized spacial score (nSPS) is 15.0. The second kappa shape index (κ2) is 6.53. The minimum atomic E-state index is 0.746. The first-order chi connectivity index (χ1) is 10.6. The van der Waals surface area contributed by atoms with Crippen LogP contribution in [0.4, 0.5) is 17.5 Å². The standard InChI is InChI=1S/C17H21ClN4/c1-12-10-14(18)6-7-15(12)20-16-11-13(2)19-17(21-16)22-8-4-3-5-9-22/h6-7,10-11H,3-5,8-9H2,1-2H3,(H,19,20,21). The van der Waals surface area contributed by atoms with E-state index < -0.39 is 0 Å². The lowest BCUT2D eigenvalue weighted by atomic mass is 10.1. The number of nitrogens with zero attached hydrogens (tertiary/aromatic N) is 3. The van der Waals surface area contributed by atoms with E-state index in [1.54, 1.807) is 0 Å². The van der Waals surface area contributed by atoms with Gasteiger partial charge in [-0.25, -0.2) is 4.98 Å². The fourth-order valence-electron chi connectivity index (χ4n) is 2.76. The van der Waals surface area contributed by atoms with E-state index >= 15 is 0 Å². The van der Waals surface area contributed by atoms with Gasteiger partial charge >= 0.3 is 0 Å². The van der Waals surface area contributed by atoms with E-state index in [2.05, 4.69) is 20.2 Å². The van der Waals surface area contributed by atoms with E-state index in [0.29, 0.717) is 0 Å². The molecule has 22 heavy (non-hydrogen) atoms. The molecule has 0 unspecified atom stereocenters. The van der Waals surface area contributed by atoms with Crippen LogP contribution in [0.5, 0.6) is 0 Å². The maximum atomic E-state index is 6.01. The Labute approximate surface area is 136 Å². The van der Waals surface area contributed by atoms with E-state index in [1.807, 2.05) is 38.1 Å². The third-order valence-electron chi connectivity index (χ3n) is 3.93. The zero-order chi connectivity index (χ0) is 15.5. The first-order valence-electron chi connectivity index (χ1n) is 7.75. The number of benzene rings is 1. The highest BCUT2D eigenvalue weighted by Gasteiger charge is 2.14. The first kappa shape index (κ1) is 15.1. The Hall–Kier alpha value is -1.81. The van der Waals surface area contributed by atoms with Gasteiger partial charge in [0.2, 0.25) is 5.95 Å². The second-order valence-corrected chi connectivity index (χ2v) is 6.26. The van der Waals surface area contributed by atoms with Crippen molar-refractivity contribution in [1.82, 2.24) is 9.97 Å². The zero-order valence-corrected chi connectivity index (χ0v) is 13.8. The quantitative estimate of drug-likeness (QED) is 0.906. The van der Waals surface area contributed by atoms with Crippen molar-refractivity contribution in [1.29, 1.82) is 0 Å². The molecular formula is C17H21ClN4. The third kappa shape index (κ3) is 3.50. The number of anilines is 3. The molecule has 1 aliphatic rings. The molecule has 0 spiro atoms. The molecule has 0 atom stereocenters. The molecule has 0 amide bonds. The lowest BCUT2D eigenvalue weighted by Crippen LogP contribution is -2.31. The van der Waals surface area contributed by atoms with E-state index in [9.17, 15) is 0 Å². The molecule has 0 radical (unpaired) electrons. The average Bonchev–Trinajstić information content (AvgIpc) is 2.50. The molecule has 0 saturated carbocycles. The van der Waals surface area contributed by atoms with Gasteiger partial charge in [0.1, 0.15) is 5.82 Å². The molecule has 0 aliphatic carbocycles.